The minimum atomic E-state index is -0.649. The van der Waals surface area contributed by atoms with Crippen LogP contribution in [-0.4, -0.2) is 14.9 Å². The minimum absolute atomic E-state index is 0.649. The summed E-state index contributed by atoms with van der Waals surface area (Å²) in [4.78, 5) is 0. The molecule has 2 aromatic carbocycles. The van der Waals surface area contributed by atoms with Gasteiger partial charge in [-0.15, -0.1) is 0 Å². The number of hydrogen-bond donors (Lipinski definition) is 0. The Labute approximate surface area is 108 Å². The van der Waals surface area contributed by atoms with E-state index in [1.165, 1.54) is 11.1 Å². The van der Waals surface area contributed by atoms with Crippen molar-refractivity contribution in [2.45, 2.75) is 6.42 Å². The molecular weight excluding hydrogens is 275 g/mol. The van der Waals surface area contributed by atoms with Gasteiger partial charge in [0, 0.05) is 0 Å². The summed E-state index contributed by atoms with van der Waals surface area (Å²) in [5.41, 5.74) is 3.65. The maximum absolute atomic E-state index is 10.7. The molecule has 0 heterocycles. The molecule has 1 radical (unpaired) electrons. The Hall–Kier alpha value is -1.50. The monoisotopic (exact) mass is 289 g/mol. The first-order chi connectivity index (χ1) is 8.31. The standard InChI is InChI=1S/C15H13OSe/c1-2-12-3-5-13(6-4-12)11-14-7-9-15(17-16)10-8-14/h2-10H,1,11H2. The molecule has 0 aliphatic carbocycles. The Kier molecular flexibility index (Phi) is 4.02. The van der Waals surface area contributed by atoms with Crippen molar-refractivity contribution in [3.05, 3.63) is 71.8 Å². The second-order valence-corrected chi connectivity index (χ2v) is 5.19. The summed E-state index contributed by atoms with van der Waals surface area (Å²) in [7, 11) is 0. The molecule has 0 bridgehead atoms. The van der Waals surface area contributed by atoms with Gasteiger partial charge in [-0.05, 0) is 0 Å². The maximum atomic E-state index is 10.7. The molecule has 0 fully saturated rings. The van der Waals surface area contributed by atoms with Crippen LogP contribution in [0.2, 0.25) is 0 Å². The molecule has 0 atom stereocenters. The molecule has 2 heteroatoms. The van der Waals surface area contributed by atoms with E-state index >= 15 is 0 Å². The fourth-order valence-corrected chi connectivity index (χ4v) is 2.19. The molecular formula is C15H13OSe. The molecule has 0 unspecified atom stereocenters. The zero-order valence-electron chi connectivity index (χ0n) is 9.43. The van der Waals surface area contributed by atoms with Crippen molar-refractivity contribution in [3.8, 4) is 0 Å². The summed E-state index contributed by atoms with van der Waals surface area (Å²) in [6.45, 7) is 3.74. The molecule has 0 N–H and O–H groups in total. The van der Waals surface area contributed by atoms with Crippen LogP contribution in [0.25, 0.3) is 6.08 Å². The van der Waals surface area contributed by atoms with Gasteiger partial charge in [-0.3, -0.25) is 0 Å². The van der Waals surface area contributed by atoms with Crippen LogP contribution in [0.3, 0.4) is 0 Å². The molecule has 17 heavy (non-hydrogen) atoms. The third-order valence-corrected chi connectivity index (χ3v) is 3.62. The van der Waals surface area contributed by atoms with E-state index in [1.54, 1.807) is 0 Å². The number of rotatable bonds is 4. The van der Waals surface area contributed by atoms with E-state index in [0.717, 1.165) is 16.4 Å². The summed E-state index contributed by atoms with van der Waals surface area (Å²) in [6.07, 6.45) is 2.75. The Morgan fingerprint density at radius 3 is 1.94 bits per heavy atom. The van der Waals surface area contributed by atoms with Gasteiger partial charge in [0.2, 0.25) is 0 Å². The third-order valence-electron chi connectivity index (χ3n) is 2.64. The van der Waals surface area contributed by atoms with Crippen molar-refractivity contribution in [1.82, 2.24) is 0 Å². The molecule has 2 aromatic rings. The van der Waals surface area contributed by atoms with E-state index in [0.29, 0.717) is 0 Å². The molecule has 2 rings (SSSR count). The van der Waals surface area contributed by atoms with Crippen molar-refractivity contribution < 1.29 is 3.83 Å². The zero-order chi connectivity index (χ0) is 12.1. The summed E-state index contributed by atoms with van der Waals surface area (Å²) >= 11 is -0.649. The van der Waals surface area contributed by atoms with Crippen LogP contribution in [0.1, 0.15) is 16.7 Å². The van der Waals surface area contributed by atoms with Crippen molar-refractivity contribution in [3.63, 3.8) is 0 Å². The van der Waals surface area contributed by atoms with E-state index in [4.69, 9.17) is 0 Å². The van der Waals surface area contributed by atoms with E-state index in [1.807, 2.05) is 30.3 Å². The van der Waals surface area contributed by atoms with E-state index in [9.17, 15) is 3.83 Å². The molecule has 0 saturated heterocycles. The van der Waals surface area contributed by atoms with Crippen molar-refractivity contribution in [1.29, 1.82) is 0 Å². The van der Waals surface area contributed by atoms with Gasteiger partial charge < -0.3 is 0 Å². The molecule has 85 valence electrons. The number of benzene rings is 2. The van der Waals surface area contributed by atoms with E-state index < -0.39 is 14.9 Å². The Balaban J connectivity index is 2.13. The fourth-order valence-electron chi connectivity index (χ4n) is 1.67. The van der Waals surface area contributed by atoms with E-state index in [2.05, 4.69) is 30.8 Å². The van der Waals surface area contributed by atoms with Gasteiger partial charge in [-0.25, -0.2) is 0 Å². The molecule has 0 amide bonds. The average Bonchev–Trinajstić information content (AvgIpc) is 2.40. The molecule has 0 spiro atoms. The van der Waals surface area contributed by atoms with Crippen LogP contribution >= 0.6 is 0 Å². The first-order valence-corrected chi connectivity index (χ1v) is 6.97. The molecule has 0 aromatic heterocycles. The molecule has 0 saturated carbocycles. The SMILES string of the molecule is C=Cc1ccc(Cc2ccc([Se]=O)cc2)cc1. The van der Waals surface area contributed by atoms with Crippen LogP contribution in [0, 0.1) is 0 Å². The summed E-state index contributed by atoms with van der Waals surface area (Å²) in [5, 5.41) is 0. The topological polar surface area (TPSA) is 17.1 Å². The molecule has 0 aliphatic rings. The second-order valence-electron chi connectivity index (χ2n) is 3.85. The van der Waals surface area contributed by atoms with Crippen LogP contribution < -0.4 is 4.46 Å². The fraction of sp³-hybridized carbons (Fsp3) is 0.0667. The Morgan fingerprint density at radius 2 is 1.47 bits per heavy atom. The summed E-state index contributed by atoms with van der Waals surface area (Å²) < 4.78 is 11.6. The first kappa shape index (κ1) is 12.0. The van der Waals surface area contributed by atoms with Gasteiger partial charge in [0.15, 0.2) is 0 Å². The van der Waals surface area contributed by atoms with Gasteiger partial charge in [0.1, 0.15) is 0 Å². The first-order valence-electron chi connectivity index (χ1n) is 5.42. The Morgan fingerprint density at radius 1 is 0.941 bits per heavy atom. The van der Waals surface area contributed by atoms with Gasteiger partial charge in [-0.2, -0.15) is 0 Å². The predicted octanol–water partition coefficient (Wildman–Crippen LogP) is 2.60. The Bertz CT molecular complexity index is 462. The quantitative estimate of drug-likeness (QED) is 0.790. The van der Waals surface area contributed by atoms with Gasteiger partial charge in [-0.1, -0.05) is 0 Å². The average molecular weight is 288 g/mol. The van der Waals surface area contributed by atoms with Gasteiger partial charge in [0.05, 0.1) is 0 Å². The molecule has 1 nitrogen and oxygen atoms in total. The van der Waals surface area contributed by atoms with Gasteiger partial charge in [0.25, 0.3) is 0 Å². The van der Waals surface area contributed by atoms with Gasteiger partial charge >= 0.3 is 107 Å². The van der Waals surface area contributed by atoms with Crippen LogP contribution in [0.15, 0.2) is 55.1 Å². The third kappa shape index (κ3) is 3.23. The molecule has 0 aliphatic heterocycles. The van der Waals surface area contributed by atoms with E-state index in [-0.39, 0.29) is 0 Å². The zero-order valence-corrected chi connectivity index (χ0v) is 11.1. The second kappa shape index (κ2) is 5.72. The number of hydrogen-bond acceptors (Lipinski definition) is 1. The van der Waals surface area contributed by atoms with Crippen LogP contribution in [-0.2, 0) is 10.3 Å². The summed E-state index contributed by atoms with van der Waals surface area (Å²) in [5.74, 6) is 0. The normalized spacial score (nSPS) is 9.88. The van der Waals surface area contributed by atoms with Crippen LogP contribution in [0.5, 0.6) is 0 Å². The van der Waals surface area contributed by atoms with Crippen molar-refractivity contribution >= 4 is 25.4 Å². The van der Waals surface area contributed by atoms with Crippen molar-refractivity contribution in [2.24, 2.45) is 0 Å². The van der Waals surface area contributed by atoms with Crippen molar-refractivity contribution in [2.75, 3.05) is 0 Å². The summed E-state index contributed by atoms with van der Waals surface area (Å²) in [6, 6.07) is 16.3. The van der Waals surface area contributed by atoms with Crippen LogP contribution in [0.4, 0.5) is 0 Å². The predicted molar refractivity (Wildman–Crippen MR) is 71.9 cm³/mol.